The first-order valence-corrected chi connectivity index (χ1v) is 15.2. The van der Waals surface area contributed by atoms with Gasteiger partial charge in [0, 0.05) is 12.8 Å². The molecule has 0 amide bonds. The van der Waals surface area contributed by atoms with Gasteiger partial charge in [-0.05, 0) is 38.5 Å². The molecule has 0 aliphatic rings. The quantitative estimate of drug-likeness (QED) is 0.0634. The number of carboxylic acids is 1. The molecule has 0 rings (SSSR count). The molecule has 0 fully saturated rings. The summed E-state index contributed by atoms with van der Waals surface area (Å²) in [4.78, 5) is 36.1. The van der Waals surface area contributed by atoms with Crippen molar-refractivity contribution in [2.24, 2.45) is 0 Å². The molecule has 8 heteroatoms. The Kier molecular flexibility index (Phi) is 23.4. The minimum atomic E-state index is -1.15. The summed E-state index contributed by atoms with van der Waals surface area (Å²) in [6.07, 6.45) is 24.9. The molecular weight excluding hydrogens is 522 g/mol. The third kappa shape index (κ3) is 23.7. The molecule has 0 aliphatic carbocycles. The van der Waals surface area contributed by atoms with E-state index in [0.717, 1.165) is 32.1 Å². The van der Waals surface area contributed by atoms with Crippen molar-refractivity contribution in [3.63, 3.8) is 0 Å². The zero-order chi connectivity index (χ0) is 30.8. The molecule has 0 saturated carbocycles. The van der Waals surface area contributed by atoms with E-state index >= 15 is 0 Å². The second-order valence-corrected chi connectivity index (χ2v) is 11.0. The molecule has 0 heterocycles. The third-order valence-electron chi connectivity index (χ3n) is 6.25. The number of carboxylic acid groups (broad SMARTS) is 1. The summed E-state index contributed by atoms with van der Waals surface area (Å²) in [7, 11) is 5.33. The summed E-state index contributed by atoms with van der Waals surface area (Å²) in [6, 6.07) is -0.740. The summed E-state index contributed by atoms with van der Waals surface area (Å²) in [5.74, 6) is -1.97. The number of aliphatic carboxylic acids is 1. The molecule has 0 aliphatic heterocycles. The molecule has 0 spiro atoms. The van der Waals surface area contributed by atoms with Crippen LogP contribution in [0.2, 0.25) is 0 Å². The number of hydrogen-bond donors (Lipinski definition) is 0. The van der Waals surface area contributed by atoms with Gasteiger partial charge >= 0.3 is 11.9 Å². The van der Waals surface area contributed by atoms with Crippen LogP contribution in [0.1, 0.15) is 90.9 Å². The molecule has 0 aromatic heterocycles. The van der Waals surface area contributed by atoms with Crippen molar-refractivity contribution in [2.45, 2.75) is 103 Å². The fraction of sp³-hybridized carbons (Fsp3) is 0.667. The molecule has 2 unspecified atom stereocenters. The molecule has 0 saturated heterocycles. The van der Waals surface area contributed by atoms with Crippen molar-refractivity contribution in [2.75, 3.05) is 41.0 Å². The first kappa shape index (κ1) is 38.3. The van der Waals surface area contributed by atoms with E-state index in [1.54, 1.807) is 27.2 Å². The monoisotopic (exact) mass is 577 g/mol. The van der Waals surface area contributed by atoms with Gasteiger partial charge in [0.25, 0.3) is 0 Å². The lowest BCUT2D eigenvalue weighted by molar-refractivity contribution is -0.889. The number of unbranched alkanes of at least 4 members (excludes halogenated alkanes) is 4. The Labute approximate surface area is 248 Å². The Hall–Kier alpha value is -2.71. The van der Waals surface area contributed by atoms with E-state index in [1.807, 2.05) is 18.2 Å². The van der Waals surface area contributed by atoms with Gasteiger partial charge in [-0.1, -0.05) is 81.7 Å². The van der Waals surface area contributed by atoms with Crippen molar-refractivity contribution < 1.29 is 38.2 Å². The van der Waals surface area contributed by atoms with Gasteiger partial charge < -0.3 is 28.6 Å². The number of ether oxygens (including phenoxy) is 3. The Morgan fingerprint density at radius 1 is 0.780 bits per heavy atom. The Balaban J connectivity index is 4.73. The highest BCUT2D eigenvalue weighted by Gasteiger charge is 2.25. The van der Waals surface area contributed by atoms with Crippen LogP contribution >= 0.6 is 0 Å². The van der Waals surface area contributed by atoms with Crippen molar-refractivity contribution in [1.82, 2.24) is 0 Å². The normalized spacial score (nSPS) is 13.9. The van der Waals surface area contributed by atoms with Gasteiger partial charge in [-0.25, -0.2) is 0 Å². The standard InChI is InChI=1S/C33H55NO7/c1-6-8-10-12-14-16-18-20-22-24-32(36)41-29(27-39-26-25-30(33(37)38)34(3,4)5)28-40-31(35)23-21-19-17-15-13-11-9-7-2/h8,10,14,16-17,19-20,22,29-30H,6-7,9,11-13,15,18,21,23-28H2,1-5H3/b10-8+,16-14+,19-17+,22-20+. The molecular formula is C33H55NO7. The van der Waals surface area contributed by atoms with Crippen molar-refractivity contribution in [1.29, 1.82) is 0 Å². The topological polar surface area (TPSA) is 102 Å². The van der Waals surface area contributed by atoms with E-state index in [2.05, 4.69) is 38.2 Å². The van der Waals surface area contributed by atoms with E-state index in [1.165, 1.54) is 19.3 Å². The maximum absolute atomic E-state index is 12.4. The van der Waals surface area contributed by atoms with Crippen LogP contribution in [0.4, 0.5) is 0 Å². The number of allylic oxidation sites excluding steroid dienone is 7. The van der Waals surface area contributed by atoms with Crippen molar-refractivity contribution in [3.05, 3.63) is 48.6 Å². The number of likely N-dealkylation sites (N-methyl/N-ethyl adjacent to an activating group) is 1. The number of nitrogens with zero attached hydrogens (tertiary/aromatic N) is 1. The second-order valence-electron chi connectivity index (χ2n) is 11.0. The van der Waals surface area contributed by atoms with Gasteiger partial charge in [0.05, 0.1) is 46.7 Å². The molecule has 8 nitrogen and oxygen atoms in total. The largest absolute Gasteiger partial charge is 0.544 e. The number of esters is 2. The van der Waals surface area contributed by atoms with Gasteiger partial charge in [-0.3, -0.25) is 9.59 Å². The van der Waals surface area contributed by atoms with Crippen LogP contribution < -0.4 is 5.11 Å². The molecule has 0 N–H and O–H groups in total. The molecule has 0 radical (unpaired) electrons. The Morgan fingerprint density at radius 3 is 2.07 bits per heavy atom. The Bertz CT molecular complexity index is 824. The fourth-order valence-corrected chi connectivity index (χ4v) is 3.85. The number of quaternary nitrogens is 1. The number of hydrogen-bond acceptors (Lipinski definition) is 7. The van der Waals surface area contributed by atoms with Gasteiger partial charge in [0.1, 0.15) is 12.6 Å². The molecule has 41 heavy (non-hydrogen) atoms. The average molecular weight is 578 g/mol. The maximum Gasteiger partial charge on any atom is 0.310 e. The van der Waals surface area contributed by atoms with Gasteiger partial charge in [0.15, 0.2) is 6.10 Å². The Morgan fingerprint density at radius 2 is 1.44 bits per heavy atom. The predicted octanol–water partition coefficient (Wildman–Crippen LogP) is 5.23. The molecule has 0 aromatic rings. The average Bonchev–Trinajstić information content (AvgIpc) is 2.91. The van der Waals surface area contributed by atoms with Gasteiger partial charge in [-0.15, -0.1) is 0 Å². The van der Waals surface area contributed by atoms with Crippen LogP contribution in [0.5, 0.6) is 0 Å². The van der Waals surface area contributed by atoms with Crippen LogP contribution in [0.25, 0.3) is 0 Å². The lowest BCUT2D eigenvalue weighted by Gasteiger charge is -2.34. The molecule has 0 aromatic carbocycles. The van der Waals surface area contributed by atoms with E-state index in [4.69, 9.17) is 14.2 Å². The molecule has 234 valence electrons. The van der Waals surface area contributed by atoms with E-state index in [9.17, 15) is 19.5 Å². The van der Waals surface area contributed by atoms with Crippen LogP contribution in [-0.4, -0.2) is 75.5 Å². The highest BCUT2D eigenvalue weighted by molar-refractivity contribution is 5.71. The SMILES string of the molecule is CC/C=C/C/C=C/C/C=C/CC(=O)OC(COCCC(C(=O)[O-])[N+](C)(C)C)COC(=O)CC/C=C/CCCCCC. The third-order valence-corrected chi connectivity index (χ3v) is 6.25. The number of carbonyl (C=O) groups is 3. The highest BCUT2D eigenvalue weighted by Crippen LogP contribution is 2.09. The van der Waals surface area contributed by atoms with Crippen molar-refractivity contribution in [3.8, 4) is 0 Å². The lowest BCUT2D eigenvalue weighted by atomic mass is 10.1. The minimum Gasteiger partial charge on any atom is -0.544 e. The first-order chi connectivity index (χ1) is 19.6. The number of carbonyl (C=O) groups excluding carboxylic acids is 3. The molecule has 2 atom stereocenters. The van der Waals surface area contributed by atoms with Crippen LogP contribution in [0, 0.1) is 0 Å². The highest BCUT2D eigenvalue weighted by atomic mass is 16.6. The van der Waals surface area contributed by atoms with Crippen LogP contribution in [0.3, 0.4) is 0 Å². The summed E-state index contributed by atoms with van der Waals surface area (Å²) in [5.41, 5.74) is 0. The van der Waals surface area contributed by atoms with Gasteiger partial charge in [0.2, 0.25) is 0 Å². The predicted molar refractivity (Wildman–Crippen MR) is 162 cm³/mol. The van der Waals surface area contributed by atoms with Gasteiger partial charge in [-0.2, -0.15) is 0 Å². The zero-order valence-electron chi connectivity index (χ0n) is 26.2. The summed E-state index contributed by atoms with van der Waals surface area (Å²) in [5, 5.41) is 11.5. The summed E-state index contributed by atoms with van der Waals surface area (Å²) < 4.78 is 16.7. The van der Waals surface area contributed by atoms with E-state index < -0.39 is 24.1 Å². The summed E-state index contributed by atoms with van der Waals surface area (Å²) in [6.45, 7) is 4.28. The fourth-order valence-electron chi connectivity index (χ4n) is 3.85. The molecule has 0 bridgehead atoms. The lowest BCUT2D eigenvalue weighted by Crippen LogP contribution is -2.55. The van der Waals surface area contributed by atoms with Crippen molar-refractivity contribution >= 4 is 17.9 Å². The maximum atomic E-state index is 12.4. The summed E-state index contributed by atoms with van der Waals surface area (Å²) >= 11 is 0. The number of rotatable bonds is 25. The first-order valence-electron chi connectivity index (χ1n) is 15.2. The van der Waals surface area contributed by atoms with E-state index in [0.29, 0.717) is 6.42 Å². The van der Waals surface area contributed by atoms with Crippen LogP contribution in [0.15, 0.2) is 48.6 Å². The second kappa shape index (κ2) is 25.0. The minimum absolute atomic E-state index is 0.00861. The smallest absolute Gasteiger partial charge is 0.310 e. The van der Waals surface area contributed by atoms with Crippen LogP contribution in [-0.2, 0) is 28.6 Å². The zero-order valence-corrected chi connectivity index (χ0v) is 26.2. The van der Waals surface area contributed by atoms with E-state index in [-0.39, 0.29) is 49.5 Å².